The second-order valence-corrected chi connectivity index (χ2v) is 5.07. The molecule has 0 bridgehead atoms. The molecule has 2 aromatic rings. The van der Waals surface area contributed by atoms with Crippen LogP contribution in [0.25, 0.3) is 0 Å². The van der Waals surface area contributed by atoms with Crippen molar-refractivity contribution < 1.29 is 4.79 Å². The SMILES string of the molecule is CC1Cc2ccccc2N1C(=O)NCc1cccnc1. The third kappa shape index (κ3) is 2.37. The molecule has 0 radical (unpaired) electrons. The second kappa shape index (κ2) is 5.33. The van der Waals surface area contributed by atoms with Gasteiger partial charge in [-0.15, -0.1) is 0 Å². The second-order valence-electron chi connectivity index (χ2n) is 5.07. The quantitative estimate of drug-likeness (QED) is 0.909. The molecule has 2 heterocycles. The van der Waals surface area contributed by atoms with Gasteiger partial charge < -0.3 is 5.32 Å². The van der Waals surface area contributed by atoms with Gasteiger partial charge in [0.25, 0.3) is 0 Å². The Morgan fingerprint density at radius 1 is 1.35 bits per heavy atom. The van der Waals surface area contributed by atoms with Crippen LogP contribution in [0.3, 0.4) is 0 Å². The molecule has 0 saturated heterocycles. The lowest BCUT2D eigenvalue weighted by Crippen LogP contribution is -2.42. The highest BCUT2D eigenvalue weighted by Crippen LogP contribution is 2.31. The number of anilines is 1. The average molecular weight is 267 g/mol. The molecule has 4 nitrogen and oxygen atoms in total. The molecule has 3 rings (SSSR count). The number of hydrogen-bond acceptors (Lipinski definition) is 2. The molecule has 0 saturated carbocycles. The molecular weight excluding hydrogens is 250 g/mol. The van der Waals surface area contributed by atoms with E-state index in [1.54, 1.807) is 12.4 Å². The predicted octanol–water partition coefficient (Wildman–Crippen LogP) is 2.74. The number of pyridine rings is 1. The van der Waals surface area contributed by atoms with Gasteiger partial charge in [0.15, 0.2) is 0 Å². The van der Waals surface area contributed by atoms with Gasteiger partial charge in [-0.25, -0.2) is 4.79 Å². The molecule has 1 aliphatic rings. The van der Waals surface area contributed by atoms with E-state index in [1.807, 2.05) is 35.2 Å². The molecule has 1 N–H and O–H groups in total. The van der Waals surface area contributed by atoms with E-state index < -0.39 is 0 Å². The minimum Gasteiger partial charge on any atom is -0.334 e. The Morgan fingerprint density at radius 3 is 3.00 bits per heavy atom. The van der Waals surface area contributed by atoms with Crippen LogP contribution in [-0.4, -0.2) is 17.1 Å². The van der Waals surface area contributed by atoms with Gasteiger partial charge in [-0.2, -0.15) is 0 Å². The lowest BCUT2D eigenvalue weighted by molar-refractivity contribution is 0.244. The summed E-state index contributed by atoms with van der Waals surface area (Å²) < 4.78 is 0. The topological polar surface area (TPSA) is 45.2 Å². The Bertz CT molecular complexity index is 612. The molecule has 0 fully saturated rings. The van der Waals surface area contributed by atoms with Crippen molar-refractivity contribution >= 4 is 11.7 Å². The van der Waals surface area contributed by atoms with E-state index >= 15 is 0 Å². The van der Waals surface area contributed by atoms with Gasteiger partial charge in [-0.1, -0.05) is 24.3 Å². The predicted molar refractivity (Wildman–Crippen MR) is 78.6 cm³/mol. The van der Waals surface area contributed by atoms with Gasteiger partial charge >= 0.3 is 6.03 Å². The number of urea groups is 1. The summed E-state index contributed by atoms with van der Waals surface area (Å²) in [7, 11) is 0. The number of aromatic nitrogens is 1. The summed E-state index contributed by atoms with van der Waals surface area (Å²) >= 11 is 0. The molecule has 1 unspecified atom stereocenters. The van der Waals surface area contributed by atoms with Crippen LogP contribution >= 0.6 is 0 Å². The van der Waals surface area contributed by atoms with Crippen LogP contribution in [0.5, 0.6) is 0 Å². The van der Waals surface area contributed by atoms with E-state index in [4.69, 9.17) is 0 Å². The normalized spacial score (nSPS) is 16.9. The van der Waals surface area contributed by atoms with Gasteiger partial charge in [-0.05, 0) is 36.6 Å². The van der Waals surface area contributed by atoms with Gasteiger partial charge in [0.2, 0.25) is 0 Å². The molecule has 4 heteroatoms. The maximum Gasteiger partial charge on any atom is 0.322 e. The van der Waals surface area contributed by atoms with Crippen LogP contribution in [0.1, 0.15) is 18.1 Å². The molecule has 0 aliphatic carbocycles. The first-order chi connectivity index (χ1) is 9.75. The first-order valence-electron chi connectivity index (χ1n) is 6.79. The minimum absolute atomic E-state index is 0.0497. The van der Waals surface area contributed by atoms with Crippen LogP contribution in [-0.2, 0) is 13.0 Å². The maximum atomic E-state index is 12.4. The standard InChI is InChI=1S/C16H17N3O/c1-12-9-14-6-2-3-7-15(14)19(12)16(20)18-11-13-5-4-8-17-10-13/h2-8,10,12H,9,11H2,1H3,(H,18,20). The number of rotatable bonds is 2. The van der Waals surface area contributed by atoms with Crippen LogP contribution in [0.4, 0.5) is 10.5 Å². The largest absolute Gasteiger partial charge is 0.334 e. The molecule has 0 spiro atoms. The molecule has 2 amide bonds. The van der Waals surface area contributed by atoms with Crippen molar-refractivity contribution in [1.82, 2.24) is 10.3 Å². The van der Waals surface area contributed by atoms with E-state index in [0.29, 0.717) is 6.54 Å². The fraction of sp³-hybridized carbons (Fsp3) is 0.250. The number of nitrogens with one attached hydrogen (secondary N) is 1. The van der Waals surface area contributed by atoms with Gasteiger partial charge in [0, 0.05) is 30.7 Å². The summed E-state index contributed by atoms with van der Waals surface area (Å²) in [5, 5.41) is 2.96. The van der Waals surface area contributed by atoms with Gasteiger partial charge in [0.05, 0.1) is 0 Å². The van der Waals surface area contributed by atoms with Crippen molar-refractivity contribution in [1.29, 1.82) is 0 Å². The molecule has 1 atom stereocenters. The summed E-state index contributed by atoms with van der Waals surface area (Å²) in [4.78, 5) is 18.3. The minimum atomic E-state index is -0.0497. The maximum absolute atomic E-state index is 12.4. The molecular formula is C16H17N3O. The van der Waals surface area contributed by atoms with E-state index in [-0.39, 0.29) is 12.1 Å². The Balaban J connectivity index is 1.71. The first-order valence-corrected chi connectivity index (χ1v) is 6.79. The summed E-state index contributed by atoms with van der Waals surface area (Å²) in [6, 6.07) is 12.0. The Morgan fingerprint density at radius 2 is 2.20 bits per heavy atom. The lowest BCUT2D eigenvalue weighted by atomic mass is 10.1. The number of nitrogens with zero attached hydrogens (tertiary/aromatic N) is 2. The van der Waals surface area contributed by atoms with Crippen molar-refractivity contribution in [2.24, 2.45) is 0 Å². The van der Waals surface area contributed by atoms with Crippen LogP contribution in [0, 0.1) is 0 Å². The number of carbonyl (C=O) groups excluding carboxylic acids is 1. The van der Waals surface area contributed by atoms with Crippen molar-refractivity contribution in [3.8, 4) is 0 Å². The fourth-order valence-electron chi connectivity index (χ4n) is 2.64. The van der Waals surface area contributed by atoms with Gasteiger partial charge in [-0.3, -0.25) is 9.88 Å². The van der Waals surface area contributed by atoms with Crippen molar-refractivity contribution in [3.63, 3.8) is 0 Å². The smallest absolute Gasteiger partial charge is 0.322 e. The summed E-state index contributed by atoms with van der Waals surface area (Å²) in [6.07, 6.45) is 4.40. The Labute approximate surface area is 118 Å². The highest BCUT2D eigenvalue weighted by molar-refractivity contribution is 5.94. The van der Waals surface area contributed by atoms with Crippen LogP contribution in [0.15, 0.2) is 48.8 Å². The third-order valence-electron chi connectivity index (χ3n) is 3.59. The average Bonchev–Trinajstić information content (AvgIpc) is 2.82. The zero-order valence-corrected chi connectivity index (χ0v) is 11.4. The zero-order chi connectivity index (χ0) is 13.9. The van der Waals surface area contributed by atoms with E-state index in [9.17, 15) is 4.79 Å². The van der Waals surface area contributed by atoms with E-state index in [2.05, 4.69) is 23.3 Å². The zero-order valence-electron chi connectivity index (χ0n) is 11.4. The van der Waals surface area contributed by atoms with E-state index in [0.717, 1.165) is 17.7 Å². The van der Waals surface area contributed by atoms with Crippen molar-refractivity contribution in [3.05, 3.63) is 59.9 Å². The highest BCUT2D eigenvalue weighted by atomic mass is 16.2. The Hall–Kier alpha value is -2.36. The van der Waals surface area contributed by atoms with Crippen LogP contribution in [0.2, 0.25) is 0 Å². The number of carbonyl (C=O) groups is 1. The molecule has 102 valence electrons. The van der Waals surface area contributed by atoms with E-state index in [1.165, 1.54) is 5.56 Å². The third-order valence-corrected chi connectivity index (χ3v) is 3.59. The highest BCUT2D eigenvalue weighted by Gasteiger charge is 2.30. The Kier molecular flexibility index (Phi) is 3.37. The number of para-hydroxylation sites is 1. The molecule has 1 aliphatic heterocycles. The summed E-state index contributed by atoms with van der Waals surface area (Å²) in [6.45, 7) is 2.57. The number of fused-ring (bicyclic) bond motifs is 1. The van der Waals surface area contributed by atoms with Crippen LogP contribution < -0.4 is 10.2 Å². The monoisotopic (exact) mass is 267 g/mol. The number of benzene rings is 1. The number of amides is 2. The molecule has 20 heavy (non-hydrogen) atoms. The fourth-order valence-corrected chi connectivity index (χ4v) is 2.64. The van der Waals surface area contributed by atoms with Crippen molar-refractivity contribution in [2.45, 2.75) is 25.9 Å². The first kappa shape index (κ1) is 12.7. The van der Waals surface area contributed by atoms with Crippen molar-refractivity contribution in [2.75, 3.05) is 4.90 Å². The summed E-state index contributed by atoms with van der Waals surface area (Å²) in [5.74, 6) is 0. The summed E-state index contributed by atoms with van der Waals surface area (Å²) in [5.41, 5.74) is 3.25. The van der Waals surface area contributed by atoms with Gasteiger partial charge in [0.1, 0.15) is 0 Å². The lowest BCUT2D eigenvalue weighted by Gasteiger charge is -2.23. The molecule has 1 aromatic carbocycles. The number of hydrogen-bond donors (Lipinski definition) is 1. The molecule has 1 aromatic heterocycles.